The highest BCUT2D eigenvalue weighted by atomic mass is 28.4. The molecule has 0 saturated carbocycles. The van der Waals surface area contributed by atoms with Crippen LogP contribution >= 0.6 is 0 Å². The van der Waals surface area contributed by atoms with Crippen molar-refractivity contribution in [3.63, 3.8) is 0 Å². The number of nitrogens with one attached hydrogen (secondary N) is 3. The molecule has 12 heteroatoms. The Balaban J connectivity index is 1.31. The predicted molar refractivity (Wildman–Crippen MR) is 210 cm³/mol. The van der Waals surface area contributed by atoms with Gasteiger partial charge in [0.25, 0.3) is 8.32 Å². The Labute approximate surface area is 307 Å². The van der Waals surface area contributed by atoms with Crippen molar-refractivity contribution < 1.29 is 19.1 Å². The van der Waals surface area contributed by atoms with Gasteiger partial charge in [0.2, 0.25) is 5.95 Å². The quantitative estimate of drug-likeness (QED) is 0.0848. The van der Waals surface area contributed by atoms with Gasteiger partial charge in [-0.1, -0.05) is 107 Å². The molecule has 52 heavy (non-hydrogen) atoms. The number of aromatic nitrogens is 4. The lowest BCUT2D eigenvalue weighted by atomic mass is 10.0. The third-order valence-electron chi connectivity index (χ3n) is 9.98. The summed E-state index contributed by atoms with van der Waals surface area (Å²) in [6.45, 7) is 11.0. The summed E-state index contributed by atoms with van der Waals surface area (Å²) < 4.78 is 15.0. The fourth-order valence-corrected chi connectivity index (χ4v) is 12.1. The van der Waals surface area contributed by atoms with Crippen molar-refractivity contribution in [1.82, 2.24) is 25.1 Å². The highest BCUT2D eigenvalue weighted by Gasteiger charge is 2.50. The molecule has 1 saturated heterocycles. The highest BCUT2D eigenvalue weighted by Crippen LogP contribution is 2.37. The van der Waals surface area contributed by atoms with E-state index < -0.39 is 14.4 Å². The second-order valence-corrected chi connectivity index (χ2v) is 18.8. The van der Waals surface area contributed by atoms with Crippen molar-refractivity contribution in [1.29, 1.82) is 0 Å². The molecule has 1 fully saturated rings. The maximum Gasteiger partial charge on any atom is 0.411 e. The van der Waals surface area contributed by atoms with Crippen LogP contribution in [-0.4, -0.2) is 65.6 Å². The first-order chi connectivity index (χ1) is 25.1. The Morgan fingerprint density at radius 2 is 1.75 bits per heavy atom. The molecule has 1 amide bonds. The predicted octanol–water partition coefficient (Wildman–Crippen LogP) is 6.94. The standard InChI is InChI=1S/C40H51N7O4Si/c1-6-14-30(22-24-51-52(40(2,3)4,31-15-9-7-10-16-31)32-17-11-8-12-18-32)43-37-36-34(44-38(45-37)46-39(48)49)26-42-47(36)27-29-21-20-28(25-35(29)50-5)33-19-13-23-41-33/h7-12,15-18,20-21,25-26,30,33,41H,6,13-14,19,22-24,27H2,1-5H3,(H,48,49)(H2,43,44,45,46)/t30-,33?/m0/s1. The van der Waals surface area contributed by atoms with Gasteiger partial charge in [0, 0.05) is 24.3 Å². The number of rotatable bonds is 15. The van der Waals surface area contributed by atoms with E-state index in [-0.39, 0.29) is 17.0 Å². The second-order valence-electron chi connectivity index (χ2n) is 14.5. The number of ether oxygens (including phenoxy) is 1. The maximum absolute atomic E-state index is 11.7. The van der Waals surface area contributed by atoms with Crippen molar-refractivity contribution in [2.75, 3.05) is 30.9 Å². The minimum atomic E-state index is -2.72. The molecule has 274 valence electrons. The highest BCUT2D eigenvalue weighted by molar-refractivity contribution is 6.99. The summed E-state index contributed by atoms with van der Waals surface area (Å²) in [7, 11) is -1.03. The monoisotopic (exact) mass is 721 g/mol. The number of hydrogen-bond acceptors (Lipinski definition) is 8. The normalized spacial score (nSPS) is 15.4. The first-order valence-electron chi connectivity index (χ1n) is 18.3. The Morgan fingerprint density at radius 1 is 1.04 bits per heavy atom. The van der Waals surface area contributed by atoms with Crippen molar-refractivity contribution in [2.24, 2.45) is 0 Å². The van der Waals surface area contributed by atoms with Crippen LogP contribution in [0.4, 0.5) is 16.6 Å². The van der Waals surface area contributed by atoms with E-state index in [2.05, 4.69) is 127 Å². The lowest BCUT2D eigenvalue weighted by molar-refractivity contribution is 0.209. The summed E-state index contributed by atoms with van der Waals surface area (Å²) in [5.41, 5.74) is 3.40. The zero-order chi connectivity index (χ0) is 36.7. The van der Waals surface area contributed by atoms with E-state index in [1.165, 1.54) is 15.9 Å². The number of anilines is 2. The molecule has 1 aliphatic heterocycles. The van der Waals surface area contributed by atoms with Gasteiger partial charge in [-0.2, -0.15) is 10.1 Å². The van der Waals surface area contributed by atoms with Crippen LogP contribution in [-0.2, 0) is 11.0 Å². The molecule has 0 radical (unpaired) electrons. The van der Waals surface area contributed by atoms with E-state index in [1.807, 2.05) is 4.68 Å². The van der Waals surface area contributed by atoms with Gasteiger partial charge in [-0.15, -0.1) is 0 Å². The lowest BCUT2D eigenvalue weighted by Crippen LogP contribution is -2.66. The Hall–Kier alpha value is -4.78. The Bertz CT molecular complexity index is 1900. The lowest BCUT2D eigenvalue weighted by Gasteiger charge is -2.43. The topological polar surface area (TPSA) is 135 Å². The third kappa shape index (κ3) is 7.99. The SMILES string of the molecule is CCC[C@@H](CCO[Si](c1ccccc1)(c1ccccc1)C(C)(C)C)Nc1nc(NC(=O)O)nc2cnn(Cc3ccc(C4CCCN4)cc3OC)c12. The second kappa shape index (κ2) is 16.3. The van der Waals surface area contributed by atoms with Gasteiger partial charge in [0.1, 0.15) is 16.8 Å². The summed E-state index contributed by atoms with van der Waals surface area (Å²) in [6.07, 6.45) is 5.19. The van der Waals surface area contributed by atoms with E-state index in [1.54, 1.807) is 13.3 Å². The molecule has 6 rings (SSSR count). The van der Waals surface area contributed by atoms with Crippen molar-refractivity contribution in [2.45, 2.75) is 83.5 Å². The number of amides is 1. The zero-order valence-corrected chi connectivity index (χ0v) is 31.9. The molecule has 0 spiro atoms. The van der Waals surface area contributed by atoms with E-state index in [0.29, 0.717) is 42.5 Å². The van der Waals surface area contributed by atoms with Crippen molar-refractivity contribution >= 4 is 47.6 Å². The van der Waals surface area contributed by atoms with Crippen LogP contribution in [0.15, 0.2) is 85.1 Å². The maximum atomic E-state index is 11.7. The van der Waals surface area contributed by atoms with Gasteiger partial charge in [0.15, 0.2) is 5.82 Å². The Kier molecular flexibility index (Phi) is 11.6. The van der Waals surface area contributed by atoms with E-state index in [4.69, 9.17) is 19.2 Å². The Morgan fingerprint density at radius 3 is 2.35 bits per heavy atom. The first kappa shape index (κ1) is 37.0. The van der Waals surface area contributed by atoms with Crippen LogP contribution in [0.3, 0.4) is 0 Å². The number of hydrogen-bond donors (Lipinski definition) is 4. The molecule has 11 nitrogen and oxygen atoms in total. The number of carbonyl (C=O) groups is 1. The molecule has 1 unspecified atom stereocenters. The minimum absolute atomic E-state index is 0.00754. The van der Waals surface area contributed by atoms with Crippen LogP contribution < -0.4 is 31.1 Å². The summed E-state index contributed by atoms with van der Waals surface area (Å²) in [5.74, 6) is 1.30. The molecule has 2 atom stereocenters. The molecule has 3 aromatic carbocycles. The number of benzene rings is 3. The third-order valence-corrected chi connectivity index (χ3v) is 15.0. The molecule has 1 aliphatic rings. The smallest absolute Gasteiger partial charge is 0.411 e. The first-order valence-corrected chi connectivity index (χ1v) is 20.2. The van der Waals surface area contributed by atoms with Gasteiger partial charge in [-0.05, 0) is 59.3 Å². The molecular formula is C40H51N7O4Si. The van der Waals surface area contributed by atoms with Gasteiger partial charge in [-0.25, -0.2) is 9.78 Å². The van der Waals surface area contributed by atoms with Gasteiger partial charge in [0.05, 0.1) is 19.9 Å². The summed E-state index contributed by atoms with van der Waals surface area (Å²) in [4.78, 5) is 20.9. The average Bonchev–Trinajstić information content (AvgIpc) is 3.81. The van der Waals surface area contributed by atoms with E-state index in [9.17, 15) is 9.90 Å². The van der Waals surface area contributed by atoms with Crippen LogP contribution in [0.5, 0.6) is 5.75 Å². The van der Waals surface area contributed by atoms with Crippen LogP contribution in [0.2, 0.25) is 5.04 Å². The molecule has 3 heterocycles. The molecule has 0 aliphatic carbocycles. The van der Waals surface area contributed by atoms with E-state index >= 15 is 0 Å². The average molecular weight is 722 g/mol. The van der Waals surface area contributed by atoms with Gasteiger partial charge >= 0.3 is 6.09 Å². The fourth-order valence-electron chi connectivity index (χ4n) is 7.56. The van der Waals surface area contributed by atoms with E-state index in [0.717, 1.165) is 43.5 Å². The molecule has 2 aromatic heterocycles. The fraction of sp³-hybridized carbons (Fsp3) is 0.400. The van der Waals surface area contributed by atoms with Crippen LogP contribution in [0.1, 0.15) is 77.0 Å². The molecule has 0 bridgehead atoms. The van der Waals surface area contributed by atoms with Crippen molar-refractivity contribution in [3.05, 3.63) is 96.2 Å². The number of carboxylic acid groups (broad SMARTS) is 1. The number of fused-ring (bicyclic) bond motifs is 1. The zero-order valence-electron chi connectivity index (χ0n) is 30.9. The summed E-state index contributed by atoms with van der Waals surface area (Å²) in [5, 5.41) is 26.2. The summed E-state index contributed by atoms with van der Waals surface area (Å²) >= 11 is 0. The molecule has 5 aromatic rings. The summed E-state index contributed by atoms with van der Waals surface area (Å²) in [6, 6.07) is 28.0. The van der Waals surface area contributed by atoms with Crippen LogP contribution in [0.25, 0.3) is 11.0 Å². The molecule has 4 N–H and O–H groups in total. The van der Waals surface area contributed by atoms with Crippen molar-refractivity contribution in [3.8, 4) is 5.75 Å². The number of nitrogens with zero attached hydrogens (tertiary/aromatic N) is 4. The minimum Gasteiger partial charge on any atom is -0.496 e. The van der Waals surface area contributed by atoms with Gasteiger partial charge in [-0.3, -0.25) is 10.00 Å². The van der Waals surface area contributed by atoms with Gasteiger partial charge < -0.3 is 24.9 Å². The van der Waals surface area contributed by atoms with Crippen LogP contribution in [0, 0.1) is 0 Å². The number of methoxy groups -OCH3 is 1. The largest absolute Gasteiger partial charge is 0.496 e. The molecular weight excluding hydrogens is 671 g/mol.